The molecule has 2 N–H and O–H groups in total. The van der Waals surface area contributed by atoms with Crippen LogP contribution >= 0.6 is 0 Å². The zero-order valence-electron chi connectivity index (χ0n) is 10.5. The van der Waals surface area contributed by atoms with Crippen LogP contribution in [0.2, 0.25) is 19.6 Å². The molecule has 0 bridgehead atoms. The number of carbonyl (C=O) groups excluding carboxylic acids is 1. The van der Waals surface area contributed by atoms with Gasteiger partial charge in [0.05, 0.1) is 0 Å². The number of nitrogens with two attached hydrogens (primary N) is 1. The molecule has 1 unspecified atom stereocenters. The van der Waals surface area contributed by atoms with Gasteiger partial charge in [0.15, 0.2) is 0 Å². The predicted octanol–water partition coefficient (Wildman–Crippen LogP) is 2.66. The molecule has 0 saturated carbocycles. The quantitative estimate of drug-likeness (QED) is 0.541. The van der Waals surface area contributed by atoms with Gasteiger partial charge in [-0.2, -0.15) is 0 Å². The first-order valence-corrected chi connectivity index (χ1v) is 9.26. The van der Waals surface area contributed by atoms with Crippen LogP contribution in [-0.4, -0.2) is 20.3 Å². The van der Waals surface area contributed by atoms with Gasteiger partial charge in [-0.1, -0.05) is 32.6 Å². The van der Waals surface area contributed by atoms with Crippen LogP contribution in [0.25, 0.3) is 0 Å². The Balaban J connectivity index is 3.70. The Bertz CT molecular complexity index is 190. The van der Waals surface area contributed by atoms with Gasteiger partial charge in [0, 0.05) is 0 Å². The van der Waals surface area contributed by atoms with E-state index >= 15 is 0 Å². The van der Waals surface area contributed by atoms with E-state index in [0.717, 1.165) is 19.3 Å². The number of rotatable bonds is 7. The molecule has 15 heavy (non-hydrogen) atoms. The molecule has 0 spiro atoms. The summed E-state index contributed by atoms with van der Waals surface area (Å²) < 4.78 is 5.33. The standard InChI is InChI=1S/C11H25NO2Si/c1-5-6-7-8-9-10(12)11(13)14-15(2,3)4/h10H,5-9,12H2,1-4H3. The van der Waals surface area contributed by atoms with Gasteiger partial charge in [-0.15, -0.1) is 0 Å². The number of hydrogen-bond acceptors (Lipinski definition) is 3. The summed E-state index contributed by atoms with van der Waals surface area (Å²) in [4.78, 5) is 11.5. The fraction of sp³-hybridized carbons (Fsp3) is 0.909. The van der Waals surface area contributed by atoms with E-state index in [-0.39, 0.29) is 5.97 Å². The van der Waals surface area contributed by atoms with E-state index in [9.17, 15) is 4.79 Å². The number of hydrogen-bond donors (Lipinski definition) is 1. The Morgan fingerprint density at radius 1 is 1.27 bits per heavy atom. The van der Waals surface area contributed by atoms with E-state index in [1.54, 1.807) is 0 Å². The maximum Gasteiger partial charge on any atom is 0.309 e. The third-order valence-corrected chi connectivity index (χ3v) is 2.89. The molecule has 0 amide bonds. The monoisotopic (exact) mass is 231 g/mol. The molecular weight excluding hydrogens is 206 g/mol. The summed E-state index contributed by atoms with van der Waals surface area (Å²) in [5.41, 5.74) is 5.75. The maximum atomic E-state index is 11.5. The highest BCUT2D eigenvalue weighted by molar-refractivity contribution is 6.71. The molecule has 0 aliphatic rings. The minimum atomic E-state index is -1.77. The van der Waals surface area contributed by atoms with Crippen molar-refractivity contribution in [3.63, 3.8) is 0 Å². The van der Waals surface area contributed by atoms with Crippen molar-refractivity contribution in [1.29, 1.82) is 0 Å². The molecule has 0 saturated heterocycles. The molecule has 0 aromatic heterocycles. The summed E-state index contributed by atoms with van der Waals surface area (Å²) in [5, 5.41) is 0. The number of carbonyl (C=O) groups is 1. The van der Waals surface area contributed by atoms with Crippen LogP contribution in [0.15, 0.2) is 0 Å². The smallest absolute Gasteiger partial charge is 0.309 e. The molecule has 0 aromatic rings. The molecular formula is C11H25NO2Si. The molecule has 3 nitrogen and oxygen atoms in total. The lowest BCUT2D eigenvalue weighted by atomic mass is 10.1. The van der Waals surface area contributed by atoms with Gasteiger partial charge < -0.3 is 10.2 Å². The first-order chi connectivity index (χ1) is 6.87. The van der Waals surface area contributed by atoms with Crippen LogP contribution in [-0.2, 0) is 9.22 Å². The van der Waals surface area contributed by atoms with E-state index in [1.807, 2.05) is 19.6 Å². The Kier molecular flexibility index (Phi) is 6.84. The third-order valence-electron chi connectivity index (χ3n) is 2.08. The van der Waals surface area contributed by atoms with Gasteiger partial charge in [0.1, 0.15) is 6.04 Å². The van der Waals surface area contributed by atoms with Crippen LogP contribution in [0, 0.1) is 0 Å². The Morgan fingerprint density at radius 3 is 2.33 bits per heavy atom. The molecule has 1 atom stereocenters. The van der Waals surface area contributed by atoms with E-state index < -0.39 is 14.4 Å². The molecule has 4 heteroatoms. The Morgan fingerprint density at radius 2 is 1.87 bits per heavy atom. The predicted molar refractivity (Wildman–Crippen MR) is 66.2 cm³/mol. The van der Waals surface area contributed by atoms with Crippen LogP contribution in [0.5, 0.6) is 0 Å². The molecule has 0 aromatic carbocycles. The number of unbranched alkanes of at least 4 members (excludes halogenated alkanes) is 3. The van der Waals surface area contributed by atoms with Crippen LogP contribution in [0.3, 0.4) is 0 Å². The van der Waals surface area contributed by atoms with Crippen molar-refractivity contribution in [2.75, 3.05) is 0 Å². The SMILES string of the molecule is CCCCCCC(N)C(=O)O[Si](C)(C)C. The fourth-order valence-electron chi connectivity index (χ4n) is 1.29. The van der Waals surface area contributed by atoms with Crippen molar-refractivity contribution < 1.29 is 9.22 Å². The average Bonchev–Trinajstić information content (AvgIpc) is 2.09. The fourth-order valence-corrected chi connectivity index (χ4v) is 2.04. The molecule has 0 heterocycles. The molecule has 0 radical (unpaired) electrons. The molecule has 0 aliphatic heterocycles. The first-order valence-electron chi connectivity index (χ1n) is 5.85. The van der Waals surface area contributed by atoms with E-state index in [0.29, 0.717) is 0 Å². The second-order valence-electron chi connectivity index (χ2n) is 4.99. The maximum absolute atomic E-state index is 11.5. The van der Waals surface area contributed by atoms with Gasteiger partial charge in [-0.25, -0.2) is 0 Å². The van der Waals surface area contributed by atoms with E-state index in [4.69, 9.17) is 10.2 Å². The second-order valence-corrected chi connectivity index (χ2v) is 9.42. The van der Waals surface area contributed by atoms with Gasteiger partial charge in [-0.05, 0) is 26.1 Å². The highest BCUT2D eigenvalue weighted by Gasteiger charge is 2.23. The van der Waals surface area contributed by atoms with Crippen LogP contribution in [0.4, 0.5) is 0 Å². The molecule has 0 aliphatic carbocycles. The summed E-state index contributed by atoms with van der Waals surface area (Å²) in [6.45, 7) is 8.15. The average molecular weight is 231 g/mol. The Hall–Kier alpha value is -0.353. The summed E-state index contributed by atoms with van der Waals surface area (Å²) in [6.07, 6.45) is 5.36. The lowest BCUT2D eigenvalue weighted by Gasteiger charge is -2.20. The third kappa shape index (κ3) is 8.63. The van der Waals surface area contributed by atoms with Crippen molar-refractivity contribution in [2.24, 2.45) is 5.73 Å². The van der Waals surface area contributed by atoms with E-state index in [2.05, 4.69) is 6.92 Å². The molecule has 90 valence electrons. The van der Waals surface area contributed by atoms with Gasteiger partial charge in [-0.3, -0.25) is 4.79 Å². The van der Waals surface area contributed by atoms with E-state index in [1.165, 1.54) is 12.8 Å². The lowest BCUT2D eigenvalue weighted by molar-refractivity contribution is -0.136. The minimum absolute atomic E-state index is 0.217. The van der Waals surface area contributed by atoms with Gasteiger partial charge >= 0.3 is 5.97 Å². The van der Waals surface area contributed by atoms with Crippen molar-refractivity contribution >= 4 is 14.3 Å². The first kappa shape index (κ1) is 14.6. The highest BCUT2D eigenvalue weighted by Crippen LogP contribution is 2.09. The van der Waals surface area contributed by atoms with Crippen molar-refractivity contribution in [3.05, 3.63) is 0 Å². The zero-order valence-corrected chi connectivity index (χ0v) is 11.5. The van der Waals surface area contributed by atoms with Crippen molar-refractivity contribution in [2.45, 2.75) is 64.7 Å². The van der Waals surface area contributed by atoms with Gasteiger partial charge in [0.25, 0.3) is 0 Å². The molecule has 0 rings (SSSR count). The summed E-state index contributed by atoms with van der Waals surface area (Å²) in [5.74, 6) is -0.217. The second kappa shape index (κ2) is 7.01. The van der Waals surface area contributed by atoms with Crippen LogP contribution in [0.1, 0.15) is 39.0 Å². The summed E-state index contributed by atoms with van der Waals surface area (Å²) in [7, 11) is -1.77. The topological polar surface area (TPSA) is 52.3 Å². The Labute approximate surface area is 94.5 Å². The summed E-state index contributed by atoms with van der Waals surface area (Å²) in [6, 6.07) is -0.423. The largest absolute Gasteiger partial charge is 0.519 e. The highest BCUT2D eigenvalue weighted by atomic mass is 28.4. The normalized spacial score (nSPS) is 13.7. The minimum Gasteiger partial charge on any atom is -0.519 e. The van der Waals surface area contributed by atoms with Crippen molar-refractivity contribution in [3.8, 4) is 0 Å². The molecule has 0 fully saturated rings. The van der Waals surface area contributed by atoms with Gasteiger partial charge in [0.2, 0.25) is 8.32 Å². The van der Waals surface area contributed by atoms with Crippen LogP contribution < -0.4 is 5.73 Å². The zero-order chi connectivity index (χ0) is 11.9. The summed E-state index contributed by atoms with van der Waals surface area (Å²) >= 11 is 0. The van der Waals surface area contributed by atoms with Crippen molar-refractivity contribution in [1.82, 2.24) is 0 Å². The lowest BCUT2D eigenvalue weighted by Crippen LogP contribution is -2.39.